The lowest BCUT2D eigenvalue weighted by molar-refractivity contribution is -0.131. The van der Waals surface area contributed by atoms with Crippen molar-refractivity contribution >= 4 is 5.91 Å². The van der Waals surface area contributed by atoms with E-state index in [1.165, 1.54) is 0 Å². The van der Waals surface area contributed by atoms with Crippen LogP contribution < -0.4 is 20.5 Å². The fourth-order valence-electron chi connectivity index (χ4n) is 3.95. The third-order valence-electron chi connectivity index (χ3n) is 6.25. The molecule has 1 saturated heterocycles. The van der Waals surface area contributed by atoms with Crippen LogP contribution in [0.25, 0.3) is 0 Å². The van der Waals surface area contributed by atoms with Crippen molar-refractivity contribution < 1.29 is 19.0 Å². The van der Waals surface area contributed by atoms with E-state index < -0.39 is 5.41 Å². The van der Waals surface area contributed by atoms with E-state index in [1.807, 2.05) is 19.9 Å². The van der Waals surface area contributed by atoms with Crippen LogP contribution >= 0.6 is 0 Å². The lowest BCUT2D eigenvalue weighted by atomic mass is 9.73. The zero-order valence-electron chi connectivity index (χ0n) is 15.8. The Morgan fingerprint density at radius 2 is 1.88 bits per heavy atom. The molecule has 0 aromatic heterocycles. The molecule has 26 heavy (non-hydrogen) atoms. The monoisotopic (exact) mass is 362 g/mol. The molecule has 2 aliphatic rings. The van der Waals surface area contributed by atoms with Crippen molar-refractivity contribution in [3.63, 3.8) is 0 Å². The first-order chi connectivity index (χ1) is 12.6. The van der Waals surface area contributed by atoms with Gasteiger partial charge in [-0.3, -0.25) is 4.79 Å². The zero-order valence-corrected chi connectivity index (χ0v) is 15.8. The van der Waals surface area contributed by atoms with Crippen LogP contribution in [0.5, 0.6) is 11.5 Å². The van der Waals surface area contributed by atoms with Gasteiger partial charge in [-0.05, 0) is 43.4 Å². The van der Waals surface area contributed by atoms with E-state index in [9.17, 15) is 4.79 Å². The van der Waals surface area contributed by atoms with Gasteiger partial charge >= 0.3 is 0 Å². The maximum Gasteiger partial charge on any atom is 0.231 e. The van der Waals surface area contributed by atoms with Gasteiger partial charge in [-0.15, -0.1) is 0 Å². The predicted molar refractivity (Wildman–Crippen MR) is 99.4 cm³/mol. The van der Waals surface area contributed by atoms with Crippen LogP contribution in [-0.4, -0.2) is 39.0 Å². The molecule has 0 spiro atoms. The highest BCUT2D eigenvalue weighted by molar-refractivity contribution is 5.83. The lowest BCUT2D eigenvalue weighted by Gasteiger charge is -2.39. The molecular formula is C20H30N2O4. The average molecular weight is 362 g/mol. The Hall–Kier alpha value is -1.79. The Bertz CT molecular complexity index is 628. The minimum absolute atomic E-state index is 0.0524. The molecule has 6 nitrogen and oxygen atoms in total. The van der Waals surface area contributed by atoms with Crippen LogP contribution in [0.15, 0.2) is 18.2 Å². The van der Waals surface area contributed by atoms with Gasteiger partial charge in [-0.1, -0.05) is 19.9 Å². The lowest BCUT2D eigenvalue weighted by Crippen LogP contribution is -2.51. The van der Waals surface area contributed by atoms with Crippen LogP contribution in [0.3, 0.4) is 0 Å². The van der Waals surface area contributed by atoms with Crippen LogP contribution in [-0.2, 0) is 14.9 Å². The van der Waals surface area contributed by atoms with E-state index in [4.69, 9.17) is 19.9 Å². The zero-order chi connectivity index (χ0) is 18.6. The van der Waals surface area contributed by atoms with Crippen molar-refractivity contribution in [3.8, 4) is 11.5 Å². The highest BCUT2D eigenvalue weighted by Crippen LogP contribution is 2.40. The van der Waals surface area contributed by atoms with Crippen LogP contribution in [0.4, 0.5) is 0 Å². The number of carbonyl (C=O) groups excluding carboxylic acids is 1. The van der Waals surface area contributed by atoms with E-state index in [0.717, 1.165) is 42.7 Å². The summed E-state index contributed by atoms with van der Waals surface area (Å²) in [7, 11) is 0. The number of benzene rings is 1. The number of ether oxygens (including phenoxy) is 3. The molecule has 0 saturated carbocycles. The van der Waals surface area contributed by atoms with Crippen molar-refractivity contribution in [1.82, 2.24) is 5.32 Å². The predicted octanol–water partition coefficient (Wildman–Crippen LogP) is 2.34. The summed E-state index contributed by atoms with van der Waals surface area (Å²) in [5.41, 5.74) is 6.46. The molecule has 6 heteroatoms. The summed E-state index contributed by atoms with van der Waals surface area (Å²) in [6.45, 7) is 6.64. The summed E-state index contributed by atoms with van der Waals surface area (Å²) >= 11 is 0. The number of carbonyl (C=O) groups is 1. The quantitative estimate of drug-likeness (QED) is 0.778. The standard InChI is InChI=1S/C20H30N2O4/c1-3-19(4-2,12-21)18(23)22-13-20(7-9-24-10-8-20)15-5-6-16-17(11-15)26-14-25-16/h5-6,11H,3-4,7-10,12-14,21H2,1-2H3,(H,22,23). The second-order valence-electron chi connectivity index (χ2n) is 7.33. The summed E-state index contributed by atoms with van der Waals surface area (Å²) in [6, 6.07) is 6.09. The van der Waals surface area contributed by atoms with Gasteiger partial charge in [-0.2, -0.15) is 0 Å². The second kappa shape index (κ2) is 7.84. The Kier molecular flexibility index (Phi) is 5.73. The van der Waals surface area contributed by atoms with Crippen molar-refractivity contribution in [2.45, 2.75) is 44.9 Å². The smallest absolute Gasteiger partial charge is 0.231 e. The summed E-state index contributed by atoms with van der Waals surface area (Å²) < 4.78 is 16.6. The van der Waals surface area contributed by atoms with Crippen LogP contribution in [0.2, 0.25) is 0 Å². The minimum Gasteiger partial charge on any atom is -0.454 e. The molecule has 1 amide bonds. The van der Waals surface area contributed by atoms with Gasteiger partial charge in [-0.25, -0.2) is 0 Å². The molecule has 0 aliphatic carbocycles. The van der Waals surface area contributed by atoms with Crippen molar-refractivity contribution in [2.75, 3.05) is 33.1 Å². The molecule has 2 aliphatic heterocycles. The minimum atomic E-state index is -0.485. The molecule has 1 aromatic rings. The Morgan fingerprint density at radius 3 is 2.54 bits per heavy atom. The van der Waals surface area contributed by atoms with E-state index in [-0.39, 0.29) is 18.1 Å². The maximum absolute atomic E-state index is 12.9. The Morgan fingerprint density at radius 1 is 1.19 bits per heavy atom. The summed E-state index contributed by atoms with van der Waals surface area (Å²) in [4.78, 5) is 12.9. The van der Waals surface area contributed by atoms with Crippen molar-refractivity contribution in [3.05, 3.63) is 23.8 Å². The van der Waals surface area contributed by atoms with E-state index in [1.54, 1.807) is 0 Å². The van der Waals surface area contributed by atoms with Gasteiger partial charge in [0.1, 0.15) is 0 Å². The Balaban J connectivity index is 1.81. The summed E-state index contributed by atoms with van der Waals surface area (Å²) in [6.07, 6.45) is 3.21. The second-order valence-corrected chi connectivity index (χ2v) is 7.33. The normalized spacial score (nSPS) is 18.6. The first-order valence-corrected chi connectivity index (χ1v) is 9.55. The first kappa shape index (κ1) is 19.0. The molecule has 0 atom stereocenters. The SMILES string of the molecule is CCC(CC)(CN)C(=O)NCC1(c2ccc3c(c2)OCO3)CCOCC1. The first-order valence-electron chi connectivity index (χ1n) is 9.55. The fraction of sp³-hybridized carbons (Fsp3) is 0.650. The van der Waals surface area contributed by atoms with Crippen LogP contribution in [0, 0.1) is 5.41 Å². The third kappa shape index (κ3) is 3.40. The highest BCUT2D eigenvalue weighted by Gasteiger charge is 2.39. The van der Waals surface area contributed by atoms with Gasteiger partial charge in [0.2, 0.25) is 12.7 Å². The number of hydrogen-bond donors (Lipinski definition) is 2. The molecule has 3 N–H and O–H groups in total. The number of nitrogens with two attached hydrogens (primary N) is 1. The average Bonchev–Trinajstić information content (AvgIpc) is 3.17. The van der Waals surface area contributed by atoms with Gasteiger partial charge in [0, 0.05) is 31.7 Å². The number of fused-ring (bicyclic) bond motifs is 1. The van der Waals surface area contributed by atoms with Gasteiger partial charge in [0.25, 0.3) is 0 Å². The third-order valence-corrected chi connectivity index (χ3v) is 6.25. The molecule has 3 rings (SSSR count). The van der Waals surface area contributed by atoms with E-state index in [2.05, 4.69) is 17.4 Å². The van der Waals surface area contributed by atoms with Gasteiger partial charge < -0.3 is 25.3 Å². The summed E-state index contributed by atoms with van der Waals surface area (Å²) in [5.74, 6) is 1.61. The fourth-order valence-corrected chi connectivity index (χ4v) is 3.95. The van der Waals surface area contributed by atoms with Gasteiger partial charge in [0.15, 0.2) is 11.5 Å². The molecule has 1 aromatic carbocycles. The molecular weight excluding hydrogens is 332 g/mol. The van der Waals surface area contributed by atoms with Crippen LogP contribution in [0.1, 0.15) is 45.1 Å². The van der Waals surface area contributed by atoms with E-state index in [0.29, 0.717) is 26.3 Å². The molecule has 144 valence electrons. The van der Waals surface area contributed by atoms with Crippen molar-refractivity contribution in [2.24, 2.45) is 11.1 Å². The largest absolute Gasteiger partial charge is 0.454 e. The molecule has 0 bridgehead atoms. The number of nitrogens with one attached hydrogen (secondary N) is 1. The topological polar surface area (TPSA) is 82.8 Å². The molecule has 1 fully saturated rings. The number of rotatable bonds is 7. The van der Waals surface area contributed by atoms with Gasteiger partial charge in [0.05, 0.1) is 5.41 Å². The summed E-state index contributed by atoms with van der Waals surface area (Å²) in [5, 5.41) is 3.21. The molecule has 0 unspecified atom stereocenters. The number of hydrogen-bond acceptors (Lipinski definition) is 5. The molecule has 2 heterocycles. The number of amides is 1. The van der Waals surface area contributed by atoms with Crippen molar-refractivity contribution in [1.29, 1.82) is 0 Å². The highest BCUT2D eigenvalue weighted by atomic mass is 16.7. The Labute approximate surface area is 155 Å². The molecule has 0 radical (unpaired) electrons. The van der Waals surface area contributed by atoms with E-state index >= 15 is 0 Å². The maximum atomic E-state index is 12.9.